The lowest BCUT2D eigenvalue weighted by molar-refractivity contribution is -0.139. The molecular weight excluding hydrogens is 598 g/mol. The Kier molecular flexibility index (Phi) is 11.0. The molecule has 0 aliphatic heterocycles. The molecule has 0 aliphatic rings. The number of nitrogens with zero attached hydrogens (tertiary/aromatic N) is 2. The molecule has 0 aromatic heterocycles. The van der Waals surface area contributed by atoms with Crippen LogP contribution in [0.1, 0.15) is 26.3 Å². The van der Waals surface area contributed by atoms with E-state index < -0.39 is 28.5 Å². The number of hydrogen-bond donors (Lipinski definition) is 1. The molecule has 3 aromatic rings. The van der Waals surface area contributed by atoms with Crippen LogP contribution in [0.5, 0.6) is 11.5 Å². The molecule has 3 rings (SSSR count). The van der Waals surface area contributed by atoms with Gasteiger partial charge in [0.05, 0.1) is 24.3 Å². The predicted octanol–water partition coefficient (Wildman–Crippen LogP) is 4.61. The highest BCUT2D eigenvalue weighted by molar-refractivity contribution is 9.10. The third-order valence-electron chi connectivity index (χ3n) is 6.12. The minimum atomic E-state index is -4.16. The van der Waals surface area contributed by atoms with Crippen LogP contribution in [0.3, 0.4) is 0 Å². The fourth-order valence-electron chi connectivity index (χ4n) is 4.01. The number of amides is 2. The maximum Gasteiger partial charge on any atom is 0.264 e. The second kappa shape index (κ2) is 14.2. The predicted molar refractivity (Wildman–Crippen MR) is 158 cm³/mol. The van der Waals surface area contributed by atoms with E-state index in [1.54, 1.807) is 75.6 Å². The van der Waals surface area contributed by atoms with Crippen molar-refractivity contribution < 1.29 is 27.5 Å². The Morgan fingerprint density at radius 1 is 0.975 bits per heavy atom. The number of hydrogen-bond acceptors (Lipinski definition) is 6. The minimum absolute atomic E-state index is 0.0218. The summed E-state index contributed by atoms with van der Waals surface area (Å²) in [6.45, 7) is 5.65. The monoisotopic (exact) mass is 631 g/mol. The van der Waals surface area contributed by atoms with Gasteiger partial charge >= 0.3 is 0 Å². The van der Waals surface area contributed by atoms with Crippen LogP contribution in [0.4, 0.5) is 5.69 Å². The molecule has 11 heteroatoms. The van der Waals surface area contributed by atoms with Gasteiger partial charge in [0.25, 0.3) is 10.0 Å². The van der Waals surface area contributed by atoms with Gasteiger partial charge in [0.2, 0.25) is 11.8 Å². The first-order valence-electron chi connectivity index (χ1n) is 12.8. The van der Waals surface area contributed by atoms with Crippen molar-refractivity contribution >= 4 is 43.5 Å². The second-order valence-electron chi connectivity index (χ2n) is 8.84. The Bertz CT molecular complexity index is 1400. The number of rotatable bonds is 13. The summed E-state index contributed by atoms with van der Waals surface area (Å²) in [4.78, 5) is 28.1. The van der Waals surface area contributed by atoms with E-state index in [4.69, 9.17) is 9.47 Å². The van der Waals surface area contributed by atoms with Crippen molar-refractivity contribution in [1.82, 2.24) is 10.2 Å². The van der Waals surface area contributed by atoms with Crippen molar-refractivity contribution in [3.8, 4) is 11.5 Å². The highest BCUT2D eigenvalue weighted by Crippen LogP contribution is 2.27. The van der Waals surface area contributed by atoms with Crippen LogP contribution >= 0.6 is 15.9 Å². The summed E-state index contributed by atoms with van der Waals surface area (Å²) in [6, 6.07) is 19.0. The van der Waals surface area contributed by atoms with Gasteiger partial charge in [-0.2, -0.15) is 0 Å². The van der Waals surface area contributed by atoms with Crippen LogP contribution in [0.2, 0.25) is 0 Å². The van der Waals surface area contributed by atoms with E-state index in [-0.39, 0.29) is 23.0 Å². The SMILES string of the molecule is CCNC(=O)C(C)N(Cc1cccc(OC)c1)C(=O)CN(c1ccc(OCC)cc1)S(=O)(=O)c1ccc(Br)cc1. The van der Waals surface area contributed by atoms with Crippen molar-refractivity contribution in [2.45, 2.75) is 38.3 Å². The molecule has 1 atom stereocenters. The van der Waals surface area contributed by atoms with Gasteiger partial charge in [-0.15, -0.1) is 0 Å². The van der Waals surface area contributed by atoms with Crippen molar-refractivity contribution in [3.05, 3.63) is 82.8 Å². The summed E-state index contributed by atoms with van der Waals surface area (Å²) < 4.78 is 40.3. The Morgan fingerprint density at radius 3 is 2.25 bits per heavy atom. The molecule has 0 fully saturated rings. The van der Waals surface area contributed by atoms with E-state index >= 15 is 0 Å². The van der Waals surface area contributed by atoms with Gasteiger partial charge in [-0.1, -0.05) is 28.1 Å². The molecule has 3 aromatic carbocycles. The summed E-state index contributed by atoms with van der Waals surface area (Å²) in [5.74, 6) is 0.283. The smallest absolute Gasteiger partial charge is 0.264 e. The van der Waals surface area contributed by atoms with Crippen LogP contribution in [0, 0.1) is 0 Å². The fraction of sp³-hybridized carbons (Fsp3) is 0.310. The summed E-state index contributed by atoms with van der Waals surface area (Å²) >= 11 is 3.33. The lowest BCUT2D eigenvalue weighted by atomic mass is 10.1. The lowest BCUT2D eigenvalue weighted by Gasteiger charge is -2.32. The standard InChI is InChI=1S/C29H34BrN3O6S/c1-5-31-29(35)21(3)32(19-22-8-7-9-26(18-22)38-4)28(34)20-33(24-12-14-25(15-13-24)39-6-2)40(36,37)27-16-10-23(30)11-17-27/h7-18,21H,5-6,19-20H2,1-4H3,(H,31,35). The number of carbonyl (C=O) groups excluding carboxylic acids is 2. The molecule has 1 N–H and O–H groups in total. The number of ether oxygens (including phenoxy) is 2. The zero-order chi connectivity index (χ0) is 29.3. The van der Waals surface area contributed by atoms with Gasteiger partial charge in [0.15, 0.2) is 0 Å². The molecule has 214 valence electrons. The third kappa shape index (κ3) is 7.76. The Balaban J connectivity index is 2.03. The van der Waals surface area contributed by atoms with Gasteiger partial charge in [-0.05, 0) is 87.0 Å². The number of nitrogens with one attached hydrogen (secondary N) is 1. The number of methoxy groups -OCH3 is 1. The van der Waals surface area contributed by atoms with Crippen LogP contribution in [-0.4, -0.2) is 58.0 Å². The average Bonchev–Trinajstić information content (AvgIpc) is 2.95. The molecule has 0 saturated carbocycles. The Morgan fingerprint density at radius 2 is 1.65 bits per heavy atom. The number of likely N-dealkylation sites (N-methyl/N-ethyl adjacent to an activating group) is 1. The maximum atomic E-state index is 13.9. The molecule has 0 saturated heterocycles. The van der Waals surface area contributed by atoms with Crippen molar-refractivity contribution in [2.75, 3.05) is 31.1 Å². The first kappa shape index (κ1) is 31.0. The molecule has 9 nitrogen and oxygen atoms in total. The summed E-state index contributed by atoms with van der Waals surface area (Å²) in [6.07, 6.45) is 0. The highest BCUT2D eigenvalue weighted by atomic mass is 79.9. The minimum Gasteiger partial charge on any atom is -0.497 e. The first-order valence-corrected chi connectivity index (χ1v) is 15.0. The zero-order valence-electron chi connectivity index (χ0n) is 23.0. The van der Waals surface area contributed by atoms with E-state index in [9.17, 15) is 18.0 Å². The molecule has 0 heterocycles. The highest BCUT2D eigenvalue weighted by Gasteiger charge is 2.32. The van der Waals surface area contributed by atoms with Gasteiger partial charge < -0.3 is 19.7 Å². The molecule has 0 radical (unpaired) electrons. The fourth-order valence-corrected chi connectivity index (χ4v) is 5.69. The van der Waals surface area contributed by atoms with Gasteiger partial charge in [0, 0.05) is 17.6 Å². The number of sulfonamides is 1. The third-order valence-corrected chi connectivity index (χ3v) is 8.44. The van der Waals surface area contributed by atoms with E-state index in [1.807, 2.05) is 13.0 Å². The van der Waals surface area contributed by atoms with E-state index in [2.05, 4.69) is 21.2 Å². The molecule has 0 aliphatic carbocycles. The molecule has 0 bridgehead atoms. The lowest BCUT2D eigenvalue weighted by Crippen LogP contribution is -2.51. The molecule has 2 amide bonds. The van der Waals surface area contributed by atoms with Crippen LogP contribution in [0.25, 0.3) is 0 Å². The summed E-state index contributed by atoms with van der Waals surface area (Å²) in [7, 11) is -2.62. The number of halogens is 1. The van der Waals surface area contributed by atoms with Crippen LogP contribution < -0.4 is 19.1 Å². The zero-order valence-corrected chi connectivity index (χ0v) is 25.4. The number of anilines is 1. The topological polar surface area (TPSA) is 105 Å². The maximum absolute atomic E-state index is 13.9. The molecular formula is C29H34BrN3O6S. The van der Waals surface area contributed by atoms with Crippen molar-refractivity contribution in [1.29, 1.82) is 0 Å². The number of carbonyl (C=O) groups is 2. The van der Waals surface area contributed by atoms with Crippen molar-refractivity contribution in [2.24, 2.45) is 0 Å². The quantitative estimate of drug-likeness (QED) is 0.295. The van der Waals surface area contributed by atoms with Gasteiger partial charge in [-0.25, -0.2) is 8.42 Å². The first-order chi connectivity index (χ1) is 19.1. The van der Waals surface area contributed by atoms with Crippen LogP contribution in [0.15, 0.2) is 82.2 Å². The van der Waals surface area contributed by atoms with Gasteiger partial charge in [0.1, 0.15) is 24.1 Å². The Hall–Kier alpha value is -3.57. The van der Waals surface area contributed by atoms with Crippen LogP contribution in [-0.2, 0) is 26.2 Å². The summed E-state index contributed by atoms with van der Waals surface area (Å²) in [5.41, 5.74) is 1.01. The van der Waals surface area contributed by atoms with E-state index in [1.165, 1.54) is 17.0 Å². The van der Waals surface area contributed by atoms with E-state index in [0.29, 0.717) is 24.7 Å². The molecule has 0 spiro atoms. The number of benzene rings is 3. The largest absolute Gasteiger partial charge is 0.497 e. The molecule has 1 unspecified atom stereocenters. The summed E-state index contributed by atoms with van der Waals surface area (Å²) in [5, 5.41) is 2.75. The molecule has 40 heavy (non-hydrogen) atoms. The normalized spacial score (nSPS) is 11.8. The Labute approximate surface area is 244 Å². The second-order valence-corrected chi connectivity index (χ2v) is 11.6. The average molecular weight is 633 g/mol. The van der Waals surface area contributed by atoms with Gasteiger partial charge in [-0.3, -0.25) is 13.9 Å². The van der Waals surface area contributed by atoms with E-state index in [0.717, 1.165) is 14.3 Å². The van der Waals surface area contributed by atoms with Crippen molar-refractivity contribution in [3.63, 3.8) is 0 Å².